The largest absolute Gasteiger partial charge is 0.319 e. The second-order valence-corrected chi connectivity index (χ2v) is 4.59. The molecule has 2 rings (SSSR count). The Hall–Kier alpha value is -1.95. The molecular weight excluding hydrogens is 230 g/mol. The Morgan fingerprint density at radius 1 is 1.56 bits per heavy atom. The number of hydrogen-bond donors (Lipinski definition) is 2. The highest BCUT2D eigenvalue weighted by Crippen LogP contribution is 2.19. The van der Waals surface area contributed by atoms with Gasteiger partial charge in [0.25, 0.3) is 5.56 Å². The number of nitrogens with zero attached hydrogens (tertiary/aromatic N) is 3. The van der Waals surface area contributed by atoms with Crippen molar-refractivity contribution in [1.29, 1.82) is 0 Å². The monoisotopic (exact) mass is 247 g/mol. The van der Waals surface area contributed by atoms with E-state index in [1.54, 1.807) is 17.9 Å². The summed E-state index contributed by atoms with van der Waals surface area (Å²) >= 11 is 0. The fraction of sp³-hybridized carbons (Fsp3) is 0.417. The lowest BCUT2D eigenvalue weighted by atomic mass is 9.99. The van der Waals surface area contributed by atoms with Gasteiger partial charge in [0, 0.05) is 19.3 Å². The number of hydrogen-bond acceptors (Lipinski definition) is 4. The molecule has 6 heteroatoms. The molecule has 0 aliphatic heterocycles. The van der Waals surface area contributed by atoms with Crippen molar-refractivity contribution in [2.24, 2.45) is 12.8 Å². The summed E-state index contributed by atoms with van der Waals surface area (Å²) < 4.78 is 1.67. The van der Waals surface area contributed by atoms with E-state index in [0.29, 0.717) is 17.9 Å². The lowest BCUT2D eigenvalue weighted by molar-refractivity contribution is 0.444. The van der Waals surface area contributed by atoms with Gasteiger partial charge in [0.1, 0.15) is 5.82 Å². The average molecular weight is 247 g/mol. The summed E-state index contributed by atoms with van der Waals surface area (Å²) in [5, 5.41) is 4.07. The van der Waals surface area contributed by atoms with Gasteiger partial charge in [0.05, 0.1) is 16.9 Å². The Morgan fingerprint density at radius 2 is 2.28 bits per heavy atom. The zero-order chi connectivity index (χ0) is 13.3. The van der Waals surface area contributed by atoms with Crippen molar-refractivity contribution >= 4 is 0 Å². The van der Waals surface area contributed by atoms with E-state index in [0.717, 1.165) is 5.69 Å². The van der Waals surface area contributed by atoms with Gasteiger partial charge in [0.15, 0.2) is 0 Å². The van der Waals surface area contributed by atoms with E-state index in [-0.39, 0.29) is 5.56 Å². The van der Waals surface area contributed by atoms with Crippen molar-refractivity contribution < 1.29 is 0 Å². The fourth-order valence-corrected chi connectivity index (χ4v) is 1.65. The molecule has 0 radical (unpaired) electrons. The Balaban J connectivity index is 2.59. The van der Waals surface area contributed by atoms with Crippen molar-refractivity contribution in [3.05, 3.63) is 34.5 Å². The van der Waals surface area contributed by atoms with E-state index in [2.05, 4.69) is 15.1 Å². The van der Waals surface area contributed by atoms with Gasteiger partial charge in [-0.2, -0.15) is 5.10 Å². The predicted octanol–water partition coefficient (Wildman–Crippen LogP) is 0.754. The van der Waals surface area contributed by atoms with Gasteiger partial charge < -0.3 is 10.7 Å². The maximum atomic E-state index is 11.7. The molecule has 6 nitrogen and oxygen atoms in total. The third-order valence-electron chi connectivity index (χ3n) is 3.10. The molecule has 0 spiro atoms. The van der Waals surface area contributed by atoms with Crippen LogP contribution in [0, 0.1) is 0 Å². The lowest BCUT2D eigenvalue weighted by Crippen LogP contribution is -2.36. The van der Waals surface area contributed by atoms with Crippen molar-refractivity contribution in [3.63, 3.8) is 0 Å². The minimum absolute atomic E-state index is 0.207. The van der Waals surface area contributed by atoms with Crippen LogP contribution in [0.2, 0.25) is 0 Å². The summed E-state index contributed by atoms with van der Waals surface area (Å²) in [7, 11) is 1.80. The molecular formula is C12H17N5O. The molecule has 2 aromatic rings. The van der Waals surface area contributed by atoms with Gasteiger partial charge in [-0.25, -0.2) is 4.98 Å². The first-order valence-corrected chi connectivity index (χ1v) is 5.83. The molecule has 2 aromatic heterocycles. The Bertz CT molecular complexity index is 611. The predicted molar refractivity (Wildman–Crippen MR) is 68.9 cm³/mol. The van der Waals surface area contributed by atoms with Crippen LogP contribution in [0.15, 0.2) is 23.1 Å². The van der Waals surface area contributed by atoms with Crippen LogP contribution in [0.3, 0.4) is 0 Å². The number of aryl methyl sites for hydroxylation is 1. The minimum atomic E-state index is -0.645. The standard InChI is InChI=1S/C12H17N5O/c1-4-12(2,13)11-15-8(7-10(18)16-11)9-5-6-14-17(9)3/h5-7H,4,13H2,1-3H3,(H,15,16,18). The van der Waals surface area contributed by atoms with E-state index in [1.807, 2.05) is 19.9 Å². The summed E-state index contributed by atoms with van der Waals surface area (Å²) in [6.45, 7) is 3.80. The molecule has 0 aliphatic carbocycles. The number of nitrogens with two attached hydrogens (primary N) is 1. The lowest BCUT2D eigenvalue weighted by Gasteiger charge is -2.21. The summed E-state index contributed by atoms with van der Waals surface area (Å²) in [4.78, 5) is 18.8. The average Bonchev–Trinajstić information content (AvgIpc) is 2.74. The molecule has 18 heavy (non-hydrogen) atoms. The van der Waals surface area contributed by atoms with Gasteiger partial charge in [-0.05, 0) is 19.4 Å². The Kier molecular flexibility index (Phi) is 3.04. The van der Waals surface area contributed by atoms with E-state index in [1.165, 1.54) is 6.07 Å². The van der Waals surface area contributed by atoms with Crippen LogP contribution in [0.1, 0.15) is 26.1 Å². The summed E-state index contributed by atoms with van der Waals surface area (Å²) in [5.41, 5.74) is 6.63. The van der Waals surface area contributed by atoms with Crippen LogP contribution in [-0.2, 0) is 12.6 Å². The molecule has 0 amide bonds. The maximum absolute atomic E-state index is 11.7. The van der Waals surface area contributed by atoms with E-state index in [9.17, 15) is 4.79 Å². The molecule has 0 bridgehead atoms. The second kappa shape index (κ2) is 4.38. The zero-order valence-corrected chi connectivity index (χ0v) is 10.8. The van der Waals surface area contributed by atoms with E-state index >= 15 is 0 Å². The molecule has 0 aromatic carbocycles. The molecule has 0 fully saturated rings. The van der Waals surface area contributed by atoms with Crippen LogP contribution < -0.4 is 11.3 Å². The molecule has 0 saturated carbocycles. The van der Waals surface area contributed by atoms with Gasteiger partial charge in [0.2, 0.25) is 0 Å². The fourth-order valence-electron chi connectivity index (χ4n) is 1.65. The normalized spacial score (nSPS) is 14.4. The van der Waals surface area contributed by atoms with Gasteiger partial charge in [-0.3, -0.25) is 9.48 Å². The number of aromatic nitrogens is 4. The quantitative estimate of drug-likeness (QED) is 0.837. The first-order chi connectivity index (χ1) is 8.44. The Morgan fingerprint density at radius 3 is 2.83 bits per heavy atom. The first-order valence-electron chi connectivity index (χ1n) is 5.83. The number of nitrogens with one attached hydrogen (secondary N) is 1. The zero-order valence-electron chi connectivity index (χ0n) is 10.8. The summed E-state index contributed by atoms with van der Waals surface area (Å²) in [6, 6.07) is 3.26. The highest BCUT2D eigenvalue weighted by Gasteiger charge is 2.22. The van der Waals surface area contributed by atoms with Gasteiger partial charge in [-0.1, -0.05) is 6.92 Å². The highest BCUT2D eigenvalue weighted by molar-refractivity contribution is 5.53. The third-order valence-corrected chi connectivity index (χ3v) is 3.10. The van der Waals surface area contributed by atoms with Crippen molar-refractivity contribution in [2.45, 2.75) is 25.8 Å². The first kappa shape index (κ1) is 12.5. The van der Waals surface area contributed by atoms with Gasteiger partial charge in [-0.15, -0.1) is 0 Å². The van der Waals surface area contributed by atoms with E-state index in [4.69, 9.17) is 5.73 Å². The van der Waals surface area contributed by atoms with Crippen LogP contribution >= 0.6 is 0 Å². The van der Waals surface area contributed by atoms with Crippen LogP contribution in [0.5, 0.6) is 0 Å². The van der Waals surface area contributed by atoms with Crippen LogP contribution in [0.25, 0.3) is 11.4 Å². The molecule has 96 valence electrons. The van der Waals surface area contributed by atoms with E-state index < -0.39 is 5.54 Å². The van der Waals surface area contributed by atoms with Crippen molar-refractivity contribution in [1.82, 2.24) is 19.7 Å². The summed E-state index contributed by atoms with van der Waals surface area (Å²) in [5.74, 6) is 0.494. The molecule has 1 atom stereocenters. The summed E-state index contributed by atoms with van der Waals surface area (Å²) in [6.07, 6.45) is 2.35. The molecule has 3 N–H and O–H groups in total. The second-order valence-electron chi connectivity index (χ2n) is 4.59. The smallest absolute Gasteiger partial charge is 0.251 e. The van der Waals surface area contributed by atoms with Crippen LogP contribution in [0.4, 0.5) is 0 Å². The molecule has 2 heterocycles. The molecule has 0 saturated heterocycles. The molecule has 1 unspecified atom stereocenters. The van der Waals surface area contributed by atoms with Crippen molar-refractivity contribution in [3.8, 4) is 11.4 Å². The number of aromatic amines is 1. The van der Waals surface area contributed by atoms with Crippen LogP contribution in [-0.4, -0.2) is 19.7 Å². The topological polar surface area (TPSA) is 89.6 Å². The number of H-pyrrole nitrogens is 1. The van der Waals surface area contributed by atoms with Gasteiger partial charge >= 0.3 is 0 Å². The maximum Gasteiger partial charge on any atom is 0.251 e. The highest BCUT2D eigenvalue weighted by atomic mass is 16.1. The van der Waals surface area contributed by atoms with Crippen molar-refractivity contribution in [2.75, 3.05) is 0 Å². The molecule has 0 aliphatic rings. The SMILES string of the molecule is CCC(C)(N)c1nc(-c2ccnn2C)cc(=O)[nH]1. The minimum Gasteiger partial charge on any atom is -0.319 e. The Labute approximate surface area is 105 Å². The number of rotatable bonds is 3. The third kappa shape index (κ3) is 2.19.